The Morgan fingerprint density at radius 2 is 2.22 bits per heavy atom. The third-order valence-electron chi connectivity index (χ3n) is 2.01. The van der Waals surface area contributed by atoms with Crippen LogP contribution in [0.15, 0.2) is 10.6 Å². The number of aromatic nitrogens is 1. The first-order valence-corrected chi connectivity index (χ1v) is 5.58. The predicted molar refractivity (Wildman–Crippen MR) is 64.0 cm³/mol. The molecule has 18 heavy (non-hydrogen) atoms. The Kier molecular flexibility index (Phi) is 5.31. The van der Waals surface area contributed by atoms with Gasteiger partial charge < -0.3 is 14.6 Å². The highest BCUT2D eigenvalue weighted by molar-refractivity contribution is 5.91. The van der Waals surface area contributed by atoms with Crippen LogP contribution < -0.4 is 5.32 Å². The number of carbonyl (C=O) groups is 2. The number of hydrogen-bond donors (Lipinski definition) is 1. The van der Waals surface area contributed by atoms with Crippen molar-refractivity contribution < 1.29 is 18.8 Å². The quantitative estimate of drug-likeness (QED) is 0.741. The van der Waals surface area contributed by atoms with Crippen LogP contribution >= 0.6 is 0 Å². The van der Waals surface area contributed by atoms with Gasteiger partial charge in [0, 0.05) is 6.07 Å². The number of rotatable bonds is 6. The van der Waals surface area contributed by atoms with E-state index in [-0.39, 0.29) is 25.0 Å². The second-order valence-electron chi connectivity index (χ2n) is 3.85. The Labute approximate surface area is 105 Å². The molecule has 0 aliphatic carbocycles. The van der Waals surface area contributed by atoms with Gasteiger partial charge in [0.15, 0.2) is 5.82 Å². The maximum absolute atomic E-state index is 11.6. The van der Waals surface area contributed by atoms with E-state index in [1.165, 1.54) is 0 Å². The Morgan fingerprint density at radius 3 is 2.78 bits per heavy atom. The summed E-state index contributed by atoms with van der Waals surface area (Å²) in [6, 6.07) is 1.61. The molecule has 1 aromatic heterocycles. The van der Waals surface area contributed by atoms with Gasteiger partial charge in [-0.2, -0.15) is 0 Å². The molecule has 1 N–H and O–H groups in total. The third kappa shape index (κ3) is 4.96. The molecular weight excluding hydrogens is 238 g/mol. The van der Waals surface area contributed by atoms with Gasteiger partial charge in [0.2, 0.25) is 5.91 Å². The summed E-state index contributed by atoms with van der Waals surface area (Å²) >= 11 is 0. The highest BCUT2D eigenvalue weighted by Crippen LogP contribution is 2.06. The Balaban J connectivity index is 2.33. The van der Waals surface area contributed by atoms with Crippen LogP contribution in [0.1, 0.15) is 12.7 Å². The van der Waals surface area contributed by atoms with Crippen molar-refractivity contribution in [2.75, 3.05) is 32.1 Å². The molecule has 1 aromatic rings. The van der Waals surface area contributed by atoms with E-state index in [0.717, 1.165) is 0 Å². The van der Waals surface area contributed by atoms with E-state index in [4.69, 9.17) is 9.26 Å². The molecule has 0 aliphatic rings. The second-order valence-corrected chi connectivity index (χ2v) is 3.85. The monoisotopic (exact) mass is 255 g/mol. The summed E-state index contributed by atoms with van der Waals surface area (Å²) in [4.78, 5) is 24.3. The van der Waals surface area contributed by atoms with Gasteiger partial charge >= 0.3 is 5.97 Å². The molecule has 0 saturated carbocycles. The minimum Gasteiger partial charge on any atom is -0.465 e. The van der Waals surface area contributed by atoms with Crippen LogP contribution in [0, 0.1) is 6.92 Å². The standard InChI is InChI=1S/C11H17N3O4/c1-4-17-11(16)7-14(3)6-10(15)12-9-5-8(2)18-13-9/h5H,4,6-7H2,1-3H3,(H,12,13,15). The first kappa shape index (κ1) is 14.2. The fourth-order valence-electron chi connectivity index (χ4n) is 1.34. The summed E-state index contributed by atoms with van der Waals surface area (Å²) < 4.78 is 9.59. The molecule has 0 atom stereocenters. The normalized spacial score (nSPS) is 10.4. The van der Waals surface area contributed by atoms with Gasteiger partial charge in [-0.15, -0.1) is 0 Å². The molecule has 0 unspecified atom stereocenters. The van der Waals surface area contributed by atoms with Gasteiger partial charge in [-0.3, -0.25) is 14.5 Å². The lowest BCUT2D eigenvalue weighted by Crippen LogP contribution is -2.34. The molecule has 0 radical (unpaired) electrons. The molecule has 0 spiro atoms. The molecule has 0 aromatic carbocycles. The number of amides is 1. The van der Waals surface area contributed by atoms with E-state index in [0.29, 0.717) is 18.2 Å². The van der Waals surface area contributed by atoms with E-state index in [1.54, 1.807) is 31.9 Å². The van der Waals surface area contributed by atoms with Gasteiger partial charge in [-0.1, -0.05) is 5.16 Å². The number of esters is 1. The topological polar surface area (TPSA) is 84.7 Å². The summed E-state index contributed by atoms with van der Waals surface area (Å²) in [5, 5.41) is 6.20. The van der Waals surface area contributed by atoms with Crippen LogP contribution in [0.2, 0.25) is 0 Å². The van der Waals surface area contributed by atoms with Crippen LogP contribution in [0.25, 0.3) is 0 Å². The molecule has 1 rings (SSSR count). The lowest BCUT2D eigenvalue weighted by Gasteiger charge is -2.14. The van der Waals surface area contributed by atoms with Crippen molar-refractivity contribution in [1.29, 1.82) is 0 Å². The van der Waals surface area contributed by atoms with Crippen molar-refractivity contribution in [3.63, 3.8) is 0 Å². The van der Waals surface area contributed by atoms with Crippen molar-refractivity contribution >= 4 is 17.7 Å². The lowest BCUT2D eigenvalue weighted by atomic mass is 10.4. The number of aryl methyl sites for hydroxylation is 1. The molecule has 0 saturated heterocycles. The average molecular weight is 255 g/mol. The van der Waals surface area contributed by atoms with E-state index in [1.807, 2.05) is 0 Å². The molecule has 100 valence electrons. The number of likely N-dealkylation sites (N-methyl/N-ethyl adjacent to an activating group) is 1. The summed E-state index contributed by atoms with van der Waals surface area (Å²) in [5.41, 5.74) is 0. The highest BCUT2D eigenvalue weighted by Gasteiger charge is 2.12. The summed E-state index contributed by atoms with van der Waals surface area (Å²) in [7, 11) is 1.66. The SMILES string of the molecule is CCOC(=O)CN(C)CC(=O)Nc1cc(C)on1. The van der Waals surface area contributed by atoms with Gasteiger partial charge in [0.1, 0.15) is 5.76 Å². The minimum absolute atomic E-state index is 0.0686. The first-order chi connectivity index (χ1) is 8.51. The third-order valence-corrected chi connectivity index (χ3v) is 2.01. The predicted octanol–water partition coefficient (Wildman–Crippen LogP) is 0.416. The Bertz CT molecular complexity index is 416. The molecule has 7 heteroatoms. The number of carbonyl (C=O) groups excluding carboxylic acids is 2. The molecule has 7 nitrogen and oxygen atoms in total. The Hall–Kier alpha value is -1.89. The fraction of sp³-hybridized carbons (Fsp3) is 0.545. The van der Waals surface area contributed by atoms with E-state index >= 15 is 0 Å². The van der Waals surface area contributed by atoms with Crippen LogP contribution in [-0.2, 0) is 14.3 Å². The number of anilines is 1. The zero-order valence-corrected chi connectivity index (χ0v) is 10.7. The zero-order valence-electron chi connectivity index (χ0n) is 10.7. The number of ether oxygens (including phenoxy) is 1. The van der Waals surface area contributed by atoms with E-state index in [9.17, 15) is 9.59 Å². The second kappa shape index (κ2) is 6.75. The number of hydrogen-bond acceptors (Lipinski definition) is 6. The average Bonchev–Trinajstić information content (AvgIpc) is 2.63. The molecule has 0 fully saturated rings. The maximum atomic E-state index is 11.6. The molecule has 1 amide bonds. The largest absolute Gasteiger partial charge is 0.465 e. The van der Waals surface area contributed by atoms with Crippen LogP contribution in [0.5, 0.6) is 0 Å². The van der Waals surface area contributed by atoms with Crippen LogP contribution in [0.3, 0.4) is 0 Å². The minimum atomic E-state index is -0.356. The zero-order chi connectivity index (χ0) is 13.5. The van der Waals surface area contributed by atoms with Crippen molar-refractivity contribution in [3.05, 3.63) is 11.8 Å². The molecule has 1 heterocycles. The summed E-state index contributed by atoms with van der Waals surface area (Å²) in [6.45, 7) is 3.94. The molecule has 0 bridgehead atoms. The van der Waals surface area contributed by atoms with Gasteiger partial charge in [-0.05, 0) is 20.9 Å². The van der Waals surface area contributed by atoms with Crippen LogP contribution in [-0.4, -0.2) is 48.7 Å². The highest BCUT2D eigenvalue weighted by atomic mass is 16.5. The fourth-order valence-corrected chi connectivity index (χ4v) is 1.34. The maximum Gasteiger partial charge on any atom is 0.320 e. The first-order valence-electron chi connectivity index (χ1n) is 5.58. The van der Waals surface area contributed by atoms with Crippen LogP contribution in [0.4, 0.5) is 5.82 Å². The lowest BCUT2D eigenvalue weighted by molar-refractivity contribution is -0.144. The summed E-state index contributed by atoms with van der Waals surface area (Å²) in [6.07, 6.45) is 0. The van der Waals surface area contributed by atoms with Crippen molar-refractivity contribution in [2.45, 2.75) is 13.8 Å². The van der Waals surface area contributed by atoms with E-state index in [2.05, 4.69) is 10.5 Å². The summed E-state index contributed by atoms with van der Waals surface area (Å²) in [5.74, 6) is 0.354. The van der Waals surface area contributed by atoms with Crippen molar-refractivity contribution in [2.24, 2.45) is 0 Å². The Morgan fingerprint density at radius 1 is 1.50 bits per heavy atom. The van der Waals surface area contributed by atoms with Gasteiger partial charge in [0.05, 0.1) is 19.7 Å². The molecular formula is C11H17N3O4. The number of nitrogens with zero attached hydrogens (tertiary/aromatic N) is 2. The van der Waals surface area contributed by atoms with Gasteiger partial charge in [-0.25, -0.2) is 0 Å². The number of nitrogens with one attached hydrogen (secondary N) is 1. The van der Waals surface area contributed by atoms with Gasteiger partial charge in [0.25, 0.3) is 0 Å². The molecule has 0 aliphatic heterocycles. The van der Waals surface area contributed by atoms with E-state index < -0.39 is 0 Å². The van der Waals surface area contributed by atoms with Crippen molar-refractivity contribution in [3.8, 4) is 0 Å². The smallest absolute Gasteiger partial charge is 0.320 e. The van der Waals surface area contributed by atoms with Crippen molar-refractivity contribution in [1.82, 2.24) is 10.1 Å².